The molecule has 7 aromatic rings. The highest BCUT2D eigenvalue weighted by molar-refractivity contribution is 5.83. The Hall–Kier alpha value is -9.39. The number of rotatable bonds is 36. The van der Waals surface area contributed by atoms with Gasteiger partial charge in [-0.05, 0) is 208 Å². The number of benzene rings is 7. The molecule has 113 heavy (non-hydrogen) atoms. The highest BCUT2D eigenvalue weighted by Crippen LogP contribution is 2.27. The van der Waals surface area contributed by atoms with Crippen molar-refractivity contribution in [1.29, 1.82) is 0 Å². The summed E-state index contributed by atoms with van der Waals surface area (Å²) in [7, 11) is 0. The third kappa shape index (κ3) is 49.7. The van der Waals surface area contributed by atoms with Crippen molar-refractivity contribution in [1.82, 2.24) is 0 Å². The van der Waals surface area contributed by atoms with Crippen molar-refractivity contribution in [2.24, 2.45) is 11.8 Å². The van der Waals surface area contributed by atoms with Crippen molar-refractivity contribution >= 4 is 54.4 Å². The minimum Gasteiger partial charge on any atom is -0.463 e. The molecule has 9 unspecified atom stereocenters. The van der Waals surface area contributed by atoms with Crippen LogP contribution in [0.2, 0.25) is 0 Å². The van der Waals surface area contributed by atoms with Crippen LogP contribution in [-0.2, 0) is 23.9 Å². The molecule has 7 aromatic carbocycles. The van der Waals surface area contributed by atoms with E-state index in [-0.39, 0.29) is 11.9 Å². The molecule has 0 bridgehead atoms. The molecule has 9 atom stereocenters. The van der Waals surface area contributed by atoms with E-state index in [0.29, 0.717) is 60.4 Å². The highest BCUT2D eigenvalue weighted by atomic mass is 16.5. The maximum atomic E-state index is 10.9. The summed E-state index contributed by atoms with van der Waals surface area (Å²) in [5.41, 5.74) is 17.0. The topological polar surface area (TPSA) is 78.9 Å². The summed E-state index contributed by atoms with van der Waals surface area (Å²) < 4.78 is 14.7. The molecule has 6 nitrogen and oxygen atoms in total. The van der Waals surface area contributed by atoms with E-state index in [4.69, 9.17) is 14.2 Å². The molecule has 616 valence electrons. The largest absolute Gasteiger partial charge is 0.463 e. The van der Waals surface area contributed by atoms with Crippen molar-refractivity contribution in [3.05, 3.63) is 320 Å². The molecule has 0 amide bonds. The van der Waals surface area contributed by atoms with E-state index >= 15 is 0 Å². The van der Waals surface area contributed by atoms with Crippen molar-refractivity contribution < 1.29 is 28.6 Å². The van der Waals surface area contributed by atoms with Gasteiger partial charge in [-0.25, -0.2) is 14.4 Å². The first-order chi connectivity index (χ1) is 54.2. The lowest BCUT2D eigenvalue weighted by molar-refractivity contribution is -0.138. The van der Waals surface area contributed by atoms with E-state index in [1.165, 1.54) is 126 Å². The van der Waals surface area contributed by atoms with Crippen LogP contribution in [0.4, 0.5) is 0 Å². The Morgan fingerprint density at radius 2 is 0.434 bits per heavy atom. The molecule has 0 aliphatic rings. The highest BCUT2D eigenvalue weighted by Gasteiger charge is 2.10. The summed E-state index contributed by atoms with van der Waals surface area (Å²) in [6.07, 6.45) is 32.1. The van der Waals surface area contributed by atoms with Crippen LogP contribution in [0.1, 0.15) is 335 Å². The molecule has 0 aromatic heterocycles. The molecule has 0 heterocycles. The standard InChI is InChI=1S/2C14H22.C13H16O2.2C12H16.2C11H20O2.2C10H10/c2*1-5-11(3)13-7-9-14(10-8-13)12(4)6-2;1-4-10(3)11-6-8-12(9-7-11)15-13(14)5-2;2*1-4-10(3)12-8-6-11(5-2)7-9-12;2*1-4-10(3)8-6-7-9-13-11(12)5-2;2*1-3-9-5-7-10(4-2)8-6-9/h2*7-12H,5-6H2,1-4H3;5-10H,2,4H2,1,3H3;2*5-10H,2,4H2,1,3H3;2*5,10H,2,4,6-9H2,1,3H3;2*3-8H,1-2H2. The lowest BCUT2D eigenvalue weighted by Crippen LogP contribution is -2.03. The molecular weight excluding hydrogens is 1380 g/mol. The van der Waals surface area contributed by atoms with Crippen LogP contribution in [0, 0.1) is 11.8 Å². The monoisotopic (exact) mass is 1530 g/mol. The first-order valence-corrected chi connectivity index (χ1v) is 42.1. The molecule has 0 radical (unpaired) electrons. The molecule has 0 N–H and O–H groups in total. The van der Waals surface area contributed by atoms with Crippen molar-refractivity contribution in [2.75, 3.05) is 13.2 Å². The predicted molar refractivity (Wildman–Crippen MR) is 501 cm³/mol. The number of carbonyl (C=O) groups is 3. The van der Waals surface area contributed by atoms with Crippen molar-refractivity contribution in [2.45, 2.75) is 262 Å². The molecule has 0 fully saturated rings. The van der Waals surface area contributed by atoms with Gasteiger partial charge in [0.1, 0.15) is 5.75 Å². The number of hydrogen-bond donors (Lipinski definition) is 0. The zero-order chi connectivity index (χ0) is 85.3. The molecule has 0 aliphatic carbocycles. The summed E-state index contributed by atoms with van der Waals surface area (Å²) in [6, 6.07) is 59.3. The summed E-state index contributed by atoms with van der Waals surface area (Å²) in [4.78, 5) is 32.2. The molecular formula is C107H152O6. The Kier molecular flexibility index (Phi) is 62.8. The molecule has 6 heteroatoms. The third-order valence-corrected chi connectivity index (χ3v) is 21.0. The third-order valence-electron chi connectivity index (χ3n) is 21.0. The van der Waals surface area contributed by atoms with Gasteiger partial charge >= 0.3 is 17.9 Å². The maximum absolute atomic E-state index is 10.9. The fourth-order valence-corrected chi connectivity index (χ4v) is 10.5. The summed E-state index contributed by atoms with van der Waals surface area (Å²) in [5, 5.41) is 0. The van der Waals surface area contributed by atoms with Crippen LogP contribution in [0.25, 0.3) is 36.5 Å². The lowest BCUT2D eigenvalue weighted by atomic mass is 9.93. The van der Waals surface area contributed by atoms with Gasteiger partial charge in [0.25, 0.3) is 0 Å². The molecule has 0 spiro atoms. The number of hydrogen-bond acceptors (Lipinski definition) is 6. The quantitative estimate of drug-likeness (QED) is 0.0169. The zero-order valence-corrected chi connectivity index (χ0v) is 73.9. The van der Waals surface area contributed by atoms with E-state index in [0.717, 1.165) is 72.3 Å². The number of esters is 3. The smallest absolute Gasteiger partial charge is 0.335 e. The van der Waals surface area contributed by atoms with E-state index in [1.54, 1.807) is 0 Å². The second-order valence-corrected chi connectivity index (χ2v) is 29.3. The normalized spacial score (nSPS) is 12.3. The Bertz CT molecular complexity index is 3320. The summed E-state index contributed by atoms with van der Waals surface area (Å²) in [6.45, 7) is 73.4. The Morgan fingerprint density at radius 1 is 0.257 bits per heavy atom. The molecule has 0 saturated carbocycles. The second-order valence-electron chi connectivity index (χ2n) is 29.3. The van der Waals surface area contributed by atoms with Gasteiger partial charge in [-0.15, -0.1) is 0 Å². The van der Waals surface area contributed by atoms with Crippen molar-refractivity contribution in [3.63, 3.8) is 0 Å². The van der Waals surface area contributed by atoms with Gasteiger partial charge in [-0.2, -0.15) is 0 Å². The Balaban J connectivity index is 0. The average Bonchev–Trinajstić information content (AvgIpc) is 0.862. The van der Waals surface area contributed by atoms with Crippen molar-refractivity contribution in [3.8, 4) is 5.75 Å². The van der Waals surface area contributed by atoms with Gasteiger partial charge in [-0.3, -0.25) is 0 Å². The maximum Gasteiger partial charge on any atom is 0.335 e. The minimum atomic E-state index is -0.425. The molecule has 7 rings (SSSR count). The van der Waals surface area contributed by atoms with Crippen LogP contribution in [0.5, 0.6) is 5.75 Å². The van der Waals surface area contributed by atoms with E-state index in [9.17, 15) is 14.4 Å². The van der Waals surface area contributed by atoms with Crippen LogP contribution >= 0.6 is 0 Å². The van der Waals surface area contributed by atoms with Gasteiger partial charge in [-0.1, -0.05) is 404 Å². The fraction of sp³-hybridized carbons (Fsp3) is 0.411. The average molecular weight is 1530 g/mol. The lowest BCUT2D eigenvalue weighted by Gasteiger charge is -2.12. The molecule has 0 saturated heterocycles. The van der Waals surface area contributed by atoms with Crippen LogP contribution in [0.3, 0.4) is 0 Å². The van der Waals surface area contributed by atoms with Gasteiger partial charge in [0.2, 0.25) is 0 Å². The number of ether oxygens (including phenoxy) is 3. The van der Waals surface area contributed by atoms with E-state index in [2.05, 4.69) is 281 Å². The second kappa shape index (κ2) is 67.1. The van der Waals surface area contributed by atoms with Crippen LogP contribution < -0.4 is 4.74 Å². The minimum absolute atomic E-state index is 0.316. The predicted octanol–water partition coefficient (Wildman–Crippen LogP) is 32.2. The SMILES string of the molecule is C=CC(=O)OCCCCC(C)CC.C=CC(=O)OCCCCC(C)CC.C=CC(=O)Oc1ccc(C(C)CC)cc1.C=Cc1ccc(C(C)CC)cc1.C=Cc1ccc(C(C)CC)cc1.C=Cc1ccc(C=C)cc1.C=Cc1ccc(C=C)cc1.CCC(C)c1ccc(C(C)CC)cc1.CCC(C)c1ccc(C(C)CC)cc1. The van der Waals surface area contributed by atoms with Gasteiger partial charge < -0.3 is 14.2 Å². The first-order valence-electron chi connectivity index (χ1n) is 42.1. The number of carbonyl (C=O) groups excluding carboxylic acids is 3. The van der Waals surface area contributed by atoms with Crippen LogP contribution in [0.15, 0.2) is 247 Å². The fourth-order valence-electron chi connectivity index (χ4n) is 10.5. The first kappa shape index (κ1) is 106. The van der Waals surface area contributed by atoms with Crippen LogP contribution in [-0.4, -0.2) is 31.1 Å². The van der Waals surface area contributed by atoms with Gasteiger partial charge in [0, 0.05) is 18.2 Å². The number of unbranched alkanes of at least 4 members (excludes halogenated alkanes) is 2. The Morgan fingerprint density at radius 3 is 0.602 bits per heavy atom. The van der Waals surface area contributed by atoms with E-state index < -0.39 is 5.97 Å². The summed E-state index contributed by atoms with van der Waals surface area (Å²) >= 11 is 0. The summed E-state index contributed by atoms with van der Waals surface area (Å²) in [5.74, 6) is 5.74. The zero-order valence-electron chi connectivity index (χ0n) is 73.9. The Labute approximate surface area is 691 Å². The molecule has 0 aliphatic heterocycles. The van der Waals surface area contributed by atoms with E-state index in [1.807, 2.05) is 109 Å². The van der Waals surface area contributed by atoms with Gasteiger partial charge in [0.05, 0.1) is 13.2 Å². The van der Waals surface area contributed by atoms with Gasteiger partial charge in [0.15, 0.2) is 0 Å².